The number of ether oxygens (including phenoxy) is 1. The van der Waals surface area contributed by atoms with Gasteiger partial charge >= 0.3 is 6.09 Å². The van der Waals surface area contributed by atoms with Crippen molar-refractivity contribution in [2.45, 2.75) is 58.2 Å². The van der Waals surface area contributed by atoms with Gasteiger partial charge in [-0.3, -0.25) is 4.98 Å². The van der Waals surface area contributed by atoms with E-state index in [1.54, 1.807) is 12.4 Å². The van der Waals surface area contributed by atoms with Crippen LogP contribution in [-0.2, 0) is 11.3 Å². The van der Waals surface area contributed by atoms with Crippen LogP contribution in [0.2, 0.25) is 0 Å². The molecule has 1 atom stereocenters. The van der Waals surface area contributed by atoms with E-state index in [1.165, 1.54) is 18.4 Å². The topological polar surface area (TPSA) is 63.2 Å². The lowest BCUT2D eigenvalue weighted by atomic mass is 9.95. The number of pyridine rings is 1. The van der Waals surface area contributed by atoms with Gasteiger partial charge in [0.1, 0.15) is 5.60 Å². The first-order chi connectivity index (χ1) is 10.3. The molecule has 0 radical (unpaired) electrons. The number of rotatable bonds is 6. The molecule has 1 aliphatic carbocycles. The molecule has 5 nitrogen and oxygen atoms in total. The molecule has 1 heterocycles. The van der Waals surface area contributed by atoms with Crippen molar-refractivity contribution in [2.75, 3.05) is 6.54 Å². The smallest absolute Gasteiger partial charge is 0.407 e. The minimum atomic E-state index is -0.468. The van der Waals surface area contributed by atoms with Gasteiger partial charge < -0.3 is 15.4 Å². The minimum absolute atomic E-state index is 0.111. The number of nitrogens with one attached hydrogen (secondary N) is 2. The Labute approximate surface area is 132 Å². The Balaban J connectivity index is 1.87. The lowest BCUT2D eigenvalue weighted by Crippen LogP contribution is -2.53. The van der Waals surface area contributed by atoms with Crippen molar-refractivity contribution in [3.05, 3.63) is 30.1 Å². The van der Waals surface area contributed by atoms with Crippen molar-refractivity contribution in [2.24, 2.45) is 5.92 Å². The average molecular weight is 305 g/mol. The van der Waals surface area contributed by atoms with Gasteiger partial charge in [-0.05, 0) is 64.2 Å². The Morgan fingerprint density at radius 1 is 1.27 bits per heavy atom. The molecule has 1 amide bonds. The van der Waals surface area contributed by atoms with Gasteiger partial charge in [0.25, 0.3) is 0 Å². The second-order valence-corrected chi connectivity index (χ2v) is 7.26. The van der Waals surface area contributed by atoms with Gasteiger partial charge in [-0.15, -0.1) is 0 Å². The Hall–Kier alpha value is -1.62. The molecule has 0 spiro atoms. The number of carbonyl (C=O) groups is 1. The van der Waals surface area contributed by atoms with Crippen molar-refractivity contribution in [3.63, 3.8) is 0 Å². The molecule has 0 saturated heterocycles. The summed E-state index contributed by atoms with van der Waals surface area (Å²) in [4.78, 5) is 15.9. The zero-order valence-electron chi connectivity index (χ0n) is 14.0. The van der Waals surface area contributed by atoms with E-state index in [2.05, 4.69) is 22.5 Å². The first-order valence-corrected chi connectivity index (χ1v) is 7.89. The van der Waals surface area contributed by atoms with Gasteiger partial charge in [-0.2, -0.15) is 0 Å². The van der Waals surface area contributed by atoms with E-state index in [0.29, 0.717) is 12.5 Å². The second kappa shape index (κ2) is 6.65. The molecule has 5 heteroatoms. The summed E-state index contributed by atoms with van der Waals surface area (Å²) >= 11 is 0. The van der Waals surface area contributed by atoms with Crippen molar-refractivity contribution >= 4 is 6.09 Å². The zero-order chi connectivity index (χ0) is 16.2. The number of nitrogens with zero attached hydrogens (tertiary/aromatic N) is 1. The molecule has 122 valence electrons. The van der Waals surface area contributed by atoms with Crippen LogP contribution in [0, 0.1) is 5.92 Å². The molecule has 1 aromatic heterocycles. The molecule has 2 rings (SSSR count). The van der Waals surface area contributed by atoms with Crippen molar-refractivity contribution in [3.8, 4) is 0 Å². The Morgan fingerprint density at radius 2 is 1.91 bits per heavy atom. The quantitative estimate of drug-likeness (QED) is 0.848. The van der Waals surface area contributed by atoms with Crippen LogP contribution < -0.4 is 10.6 Å². The zero-order valence-corrected chi connectivity index (χ0v) is 14.0. The van der Waals surface area contributed by atoms with E-state index in [-0.39, 0.29) is 11.6 Å². The average Bonchev–Trinajstić information content (AvgIpc) is 3.27. The molecule has 1 unspecified atom stereocenters. The van der Waals surface area contributed by atoms with E-state index in [0.717, 1.165) is 6.54 Å². The highest BCUT2D eigenvalue weighted by molar-refractivity contribution is 5.67. The summed E-state index contributed by atoms with van der Waals surface area (Å²) in [5, 5.41) is 6.50. The van der Waals surface area contributed by atoms with E-state index in [4.69, 9.17) is 4.74 Å². The molecule has 0 aromatic carbocycles. The molecule has 1 fully saturated rings. The molecular weight excluding hydrogens is 278 g/mol. The van der Waals surface area contributed by atoms with Gasteiger partial charge in [0.2, 0.25) is 0 Å². The fourth-order valence-corrected chi connectivity index (χ4v) is 2.45. The van der Waals surface area contributed by atoms with Crippen molar-refractivity contribution < 1.29 is 9.53 Å². The number of hydrogen-bond donors (Lipinski definition) is 2. The highest BCUT2D eigenvalue weighted by Gasteiger charge is 2.41. The number of alkyl carbamates (subject to hydrolysis) is 1. The first-order valence-electron chi connectivity index (χ1n) is 7.89. The molecule has 22 heavy (non-hydrogen) atoms. The Bertz CT molecular complexity index is 494. The van der Waals surface area contributed by atoms with E-state index in [9.17, 15) is 4.79 Å². The molecule has 0 bridgehead atoms. The second-order valence-electron chi connectivity index (χ2n) is 7.26. The van der Waals surface area contributed by atoms with Gasteiger partial charge in [0, 0.05) is 31.0 Å². The van der Waals surface area contributed by atoms with Crippen LogP contribution >= 0.6 is 0 Å². The molecular formula is C17H27N3O2. The number of hydrogen-bond acceptors (Lipinski definition) is 4. The summed E-state index contributed by atoms with van der Waals surface area (Å²) in [5.41, 5.74) is 0.615. The van der Waals surface area contributed by atoms with Crippen LogP contribution in [0.1, 0.15) is 46.1 Å². The SMILES string of the molecule is CC(C)(C)OC(=O)NCC(C)(NCc1ccncc1)C1CC1. The summed E-state index contributed by atoms with van der Waals surface area (Å²) < 4.78 is 5.31. The van der Waals surface area contributed by atoms with Crippen LogP contribution in [0.4, 0.5) is 4.79 Å². The summed E-state index contributed by atoms with van der Waals surface area (Å²) in [6.07, 6.45) is 5.64. The van der Waals surface area contributed by atoms with E-state index < -0.39 is 5.60 Å². The number of carbonyl (C=O) groups excluding carboxylic acids is 1. The Kier molecular flexibility index (Phi) is 5.06. The van der Waals surface area contributed by atoms with Gasteiger partial charge in [-0.25, -0.2) is 4.79 Å². The first kappa shape index (κ1) is 16.7. The fraction of sp³-hybridized carbons (Fsp3) is 0.647. The summed E-state index contributed by atoms with van der Waals surface area (Å²) in [5.74, 6) is 0.601. The Morgan fingerprint density at radius 3 is 2.45 bits per heavy atom. The standard InChI is InChI=1S/C17H27N3O2/c1-16(2,3)22-15(21)19-12-17(4,14-5-6-14)20-11-13-7-9-18-10-8-13/h7-10,14,20H,5-6,11-12H2,1-4H3,(H,19,21). The fourth-order valence-electron chi connectivity index (χ4n) is 2.45. The summed E-state index contributed by atoms with van der Waals surface area (Å²) in [6.45, 7) is 9.11. The van der Waals surface area contributed by atoms with Crippen molar-refractivity contribution in [1.29, 1.82) is 0 Å². The highest BCUT2D eigenvalue weighted by atomic mass is 16.6. The van der Waals surface area contributed by atoms with Crippen LogP contribution in [0.25, 0.3) is 0 Å². The third kappa shape index (κ3) is 5.30. The largest absolute Gasteiger partial charge is 0.444 e. The van der Waals surface area contributed by atoms with Crippen LogP contribution in [0.15, 0.2) is 24.5 Å². The van der Waals surface area contributed by atoms with Gasteiger partial charge in [0.05, 0.1) is 0 Å². The lowest BCUT2D eigenvalue weighted by Gasteiger charge is -2.32. The number of amides is 1. The molecule has 1 saturated carbocycles. The van der Waals surface area contributed by atoms with Crippen molar-refractivity contribution in [1.82, 2.24) is 15.6 Å². The minimum Gasteiger partial charge on any atom is -0.444 e. The highest BCUT2D eigenvalue weighted by Crippen LogP contribution is 2.39. The van der Waals surface area contributed by atoms with E-state index >= 15 is 0 Å². The molecule has 1 aliphatic rings. The van der Waals surface area contributed by atoms with Crippen LogP contribution in [0.5, 0.6) is 0 Å². The van der Waals surface area contributed by atoms with Crippen LogP contribution in [-0.4, -0.2) is 28.8 Å². The maximum atomic E-state index is 11.9. The monoisotopic (exact) mass is 305 g/mol. The normalized spacial score (nSPS) is 17.6. The maximum absolute atomic E-state index is 11.9. The third-order valence-electron chi connectivity index (χ3n) is 3.92. The predicted octanol–water partition coefficient (Wildman–Crippen LogP) is 2.86. The third-order valence-corrected chi connectivity index (χ3v) is 3.92. The molecule has 2 N–H and O–H groups in total. The maximum Gasteiger partial charge on any atom is 0.407 e. The number of aromatic nitrogens is 1. The lowest BCUT2D eigenvalue weighted by molar-refractivity contribution is 0.0507. The predicted molar refractivity (Wildman–Crippen MR) is 86.4 cm³/mol. The summed E-state index contributed by atoms with van der Waals surface area (Å²) in [7, 11) is 0. The molecule has 1 aromatic rings. The van der Waals surface area contributed by atoms with E-state index in [1.807, 2.05) is 32.9 Å². The van der Waals surface area contributed by atoms with Crippen LogP contribution in [0.3, 0.4) is 0 Å². The van der Waals surface area contributed by atoms with Gasteiger partial charge in [-0.1, -0.05) is 0 Å². The van der Waals surface area contributed by atoms with Gasteiger partial charge in [0.15, 0.2) is 0 Å². The molecule has 0 aliphatic heterocycles. The summed E-state index contributed by atoms with van der Waals surface area (Å²) in [6, 6.07) is 4.00.